The van der Waals surface area contributed by atoms with Crippen molar-refractivity contribution in [2.75, 3.05) is 19.6 Å². The van der Waals surface area contributed by atoms with Gasteiger partial charge in [-0.3, -0.25) is 9.59 Å². The maximum atomic E-state index is 11.9. The van der Waals surface area contributed by atoms with Crippen molar-refractivity contribution < 1.29 is 9.59 Å². The van der Waals surface area contributed by atoms with Gasteiger partial charge in [-0.05, 0) is 18.7 Å². The number of rotatable bonds is 7. The lowest BCUT2D eigenvalue weighted by molar-refractivity contribution is 0.0925. The zero-order valence-corrected chi connectivity index (χ0v) is 12.9. The van der Waals surface area contributed by atoms with Crippen molar-refractivity contribution in [2.45, 2.75) is 6.42 Å². The molecule has 0 spiro atoms. The third-order valence-electron chi connectivity index (χ3n) is 2.87. The first kappa shape index (κ1) is 16.1. The highest BCUT2D eigenvalue weighted by Gasteiger charge is 2.10. The lowest BCUT2D eigenvalue weighted by Gasteiger charge is -2.06. The molecule has 0 aliphatic rings. The van der Waals surface area contributed by atoms with Gasteiger partial charge in [0.25, 0.3) is 11.8 Å². The van der Waals surface area contributed by atoms with Crippen molar-refractivity contribution in [2.24, 2.45) is 5.73 Å². The van der Waals surface area contributed by atoms with Gasteiger partial charge in [0.2, 0.25) is 0 Å². The highest BCUT2D eigenvalue weighted by Crippen LogP contribution is 2.09. The molecule has 0 saturated heterocycles. The number of hydrogen-bond donors (Lipinski definition) is 3. The van der Waals surface area contributed by atoms with Gasteiger partial charge in [-0.15, -0.1) is 11.3 Å². The van der Waals surface area contributed by atoms with E-state index in [1.807, 2.05) is 6.07 Å². The van der Waals surface area contributed by atoms with Crippen LogP contribution in [-0.4, -0.2) is 36.4 Å². The van der Waals surface area contributed by atoms with Gasteiger partial charge in [-0.2, -0.15) is 0 Å². The summed E-state index contributed by atoms with van der Waals surface area (Å²) in [6.45, 7) is 1.22. The number of thiazole rings is 1. The van der Waals surface area contributed by atoms with E-state index >= 15 is 0 Å². The Hall–Kier alpha value is -2.25. The molecular weight excluding hydrogens is 300 g/mol. The SMILES string of the molecule is NCCc1nc(C(=O)NCCNC(=O)c2ccccc2)cs1. The van der Waals surface area contributed by atoms with Gasteiger partial charge in [0.15, 0.2) is 0 Å². The van der Waals surface area contributed by atoms with Crippen molar-refractivity contribution in [1.29, 1.82) is 0 Å². The number of carbonyl (C=O) groups is 2. The third-order valence-corrected chi connectivity index (χ3v) is 3.78. The Morgan fingerprint density at radius 2 is 1.77 bits per heavy atom. The number of amides is 2. The minimum absolute atomic E-state index is 0.159. The van der Waals surface area contributed by atoms with E-state index in [0.29, 0.717) is 37.3 Å². The standard InChI is InChI=1S/C15H18N4O2S/c16-7-6-13-19-12(10-22-13)15(21)18-9-8-17-14(20)11-4-2-1-3-5-11/h1-5,10H,6-9,16H2,(H,17,20)(H,18,21). The van der Waals surface area contributed by atoms with E-state index in [1.165, 1.54) is 11.3 Å². The van der Waals surface area contributed by atoms with Gasteiger partial charge in [-0.25, -0.2) is 4.98 Å². The number of carbonyl (C=O) groups excluding carboxylic acids is 2. The van der Waals surface area contributed by atoms with Crippen LogP contribution in [0.4, 0.5) is 0 Å². The van der Waals surface area contributed by atoms with Crippen molar-refractivity contribution in [3.05, 3.63) is 52.0 Å². The monoisotopic (exact) mass is 318 g/mol. The van der Waals surface area contributed by atoms with E-state index in [1.54, 1.807) is 29.6 Å². The Balaban J connectivity index is 1.71. The molecule has 0 aliphatic carbocycles. The molecule has 0 saturated carbocycles. The molecule has 4 N–H and O–H groups in total. The van der Waals surface area contributed by atoms with Crippen LogP contribution in [0.2, 0.25) is 0 Å². The molecule has 0 radical (unpaired) electrons. The number of nitrogens with zero attached hydrogens (tertiary/aromatic N) is 1. The van der Waals surface area contributed by atoms with Crippen LogP contribution in [0.25, 0.3) is 0 Å². The summed E-state index contributed by atoms with van der Waals surface area (Å²) in [6, 6.07) is 8.93. The summed E-state index contributed by atoms with van der Waals surface area (Å²) in [5.41, 5.74) is 6.43. The first-order valence-corrected chi connectivity index (χ1v) is 7.84. The predicted octanol–water partition coefficient (Wildman–Crippen LogP) is 0.804. The first-order chi connectivity index (χ1) is 10.7. The van der Waals surface area contributed by atoms with E-state index in [2.05, 4.69) is 15.6 Å². The molecular formula is C15H18N4O2S. The van der Waals surface area contributed by atoms with Gasteiger partial charge >= 0.3 is 0 Å². The fourth-order valence-electron chi connectivity index (χ4n) is 1.79. The molecule has 2 amide bonds. The summed E-state index contributed by atoms with van der Waals surface area (Å²) in [5.74, 6) is -0.401. The minimum Gasteiger partial charge on any atom is -0.350 e. The number of hydrogen-bond acceptors (Lipinski definition) is 5. The van der Waals surface area contributed by atoms with Crippen LogP contribution in [0.15, 0.2) is 35.7 Å². The predicted molar refractivity (Wildman–Crippen MR) is 86.0 cm³/mol. The highest BCUT2D eigenvalue weighted by atomic mass is 32.1. The van der Waals surface area contributed by atoms with E-state index in [9.17, 15) is 9.59 Å². The summed E-state index contributed by atoms with van der Waals surface area (Å²) in [6.07, 6.45) is 0.672. The molecule has 22 heavy (non-hydrogen) atoms. The van der Waals surface area contributed by atoms with E-state index in [4.69, 9.17) is 5.73 Å². The van der Waals surface area contributed by atoms with E-state index in [-0.39, 0.29) is 11.8 Å². The number of nitrogens with two attached hydrogens (primary N) is 1. The molecule has 116 valence electrons. The summed E-state index contributed by atoms with van der Waals surface area (Å²) < 4.78 is 0. The summed E-state index contributed by atoms with van der Waals surface area (Å²) in [5, 5.41) is 8.03. The van der Waals surface area contributed by atoms with Gasteiger partial charge in [-0.1, -0.05) is 18.2 Å². The van der Waals surface area contributed by atoms with Gasteiger partial charge in [0.1, 0.15) is 5.69 Å². The molecule has 0 unspecified atom stereocenters. The second-order valence-electron chi connectivity index (χ2n) is 4.54. The van der Waals surface area contributed by atoms with Crippen LogP contribution >= 0.6 is 11.3 Å². The molecule has 6 nitrogen and oxygen atoms in total. The molecule has 7 heteroatoms. The molecule has 2 rings (SSSR count). The number of aromatic nitrogens is 1. The summed E-state index contributed by atoms with van der Waals surface area (Å²) in [7, 11) is 0. The second kappa shape index (κ2) is 8.26. The van der Waals surface area contributed by atoms with Crippen LogP contribution in [-0.2, 0) is 6.42 Å². The van der Waals surface area contributed by atoms with Crippen molar-refractivity contribution in [3.8, 4) is 0 Å². The summed E-state index contributed by atoms with van der Waals surface area (Å²) >= 11 is 1.42. The average Bonchev–Trinajstić information content (AvgIpc) is 3.01. The molecule has 1 heterocycles. The fourth-order valence-corrected chi connectivity index (χ4v) is 2.58. The maximum absolute atomic E-state index is 11.9. The topological polar surface area (TPSA) is 97.1 Å². The summed E-state index contributed by atoms with van der Waals surface area (Å²) in [4.78, 5) is 27.9. The Bertz CT molecular complexity index is 627. The van der Waals surface area contributed by atoms with Crippen molar-refractivity contribution in [3.63, 3.8) is 0 Å². The Labute approximate surface area is 132 Å². The highest BCUT2D eigenvalue weighted by molar-refractivity contribution is 7.09. The molecule has 0 aliphatic heterocycles. The Morgan fingerprint density at radius 1 is 1.09 bits per heavy atom. The quantitative estimate of drug-likeness (QED) is 0.658. The van der Waals surface area contributed by atoms with Crippen LogP contribution in [0.3, 0.4) is 0 Å². The third kappa shape index (κ3) is 4.64. The molecule has 0 fully saturated rings. The Kier molecular flexibility index (Phi) is 6.05. The van der Waals surface area contributed by atoms with Gasteiger partial charge < -0.3 is 16.4 Å². The van der Waals surface area contributed by atoms with Crippen LogP contribution in [0.1, 0.15) is 25.9 Å². The van der Waals surface area contributed by atoms with Crippen molar-refractivity contribution in [1.82, 2.24) is 15.6 Å². The molecule has 0 bridgehead atoms. The Morgan fingerprint density at radius 3 is 2.45 bits per heavy atom. The van der Waals surface area contributed by atoms with Crippen LogP contribution in [0, 0.1) is 0 Å². The minimum atomic E-state index is -0.242. The van der Waals surface area contributed by atoms with Crippen LogP contribution < -0.4 is 16.4 Å². The fraction of sp³-hybridized carbons (Fsp3) is 0.267. The van der Waals surface area contributed by atoms with Gasteiger partial charge in [0.05, 0.1) is 5.01 Å². The number of nitrogens with one attached hydrogen (secondary N) is 2. The lowest BCUT2D eigenvalue weighted by Crippen LogP contribution is -2.34. The van der Waals surface area contributed by atoms with Crippen LogP contribution in [0.5, 0.6) is 0 Å². The second-order valence-corrected chi connectivity index (χ2v) is 5.49. The zero-order valence-electron chi connectivity index (χ0n) is 12.0. The molecule has 1 aromatic carbocycles. The zero-order chi connectivity index (χ0) is 15.8. The molecule has 1 aromatic heterocycles. The maximum Gasteiger partial charge on any atom is 0.270 e. The molecule has 0 atom stereocenters. The van der Waals surface area contributed by atoms with Crippen molar-refractivity contribution >= 4 is 23.2 Å². The van der Waals surface area contributed by atoms with E-state index in [0.717, 1.165) is 5.01 Å². The first-order valence-electron chi connectivity index (χ1n) is 6.96. The lowest BCUT2D eigenvalue weighted by atomic mass is 10.2. The van der Waals surface area contributed by atoms with Gasteiger partial charge in [0, 0.05) is 30.5 Å². The molecule has 2 aromatic rings. The smallest absolute Gasteiger partial charge is 0.270 e. The van der Waals surface area contributed by atoms with E-state index < -0.39 is 0 Å². The normalized spacial score (nSPS) is 10.2. The number of benzene rings is 1. The largest absolute Gasteiger partial charge is 0.350 e. The average molecular weight is 318 g/mol.